The van der Waals surface area contributed by atoms with Gasteiger partial charge in [-0.2, -0.15) is 0 Å². The molecule has 1 heterocycles. The Balaban J connectivity index is 2.04. The van der Waals surface area contributed by atoms with Crippen molar-refractivity contribution in [1.82, 2.24) is 5.32 Å². The highest BCUT2D eigenvalue weighted by Crippen LogP contribution is 2.32. The highest BCUT2D eigenvalue weighted by atomic mass is 16.6. The number of ketones is 1. The molecule has 1 aliphatic heterocycles. The first-order valence-corrected chi connectivity index (χ1v) is 4.19. The first kappa shape index (κ1) is 7.58. The molecule has 2 aliphatic rings. The lowest BCUT2D eigenvalue weighted by Crippen LogP contribution is -2.37. The second-order valence-corrected chi connectivity index (χ2v) is 3.46. The van der Waals surface area contributed by atoms with Crippen LogP contribution in [0.15, 0.2) is 0 Å². The molecule has 1 amide bonds. The number of ether oxygens (including phenoxy) is 1. The number of alkyl carbamates (subject to hydrolysis) is 1. The van der Waals surface area contributed by atoms with Crippen LogP contribution in [0.4, 0.5) is 4.79 Å². The molecule has 12 heavy (non-hydrogen) atoms. The van der Waals surface area contributed by atoms with Gasteiger partial charge in [-0.1, -0.05) is 0 Å². The predicted octanol–water partition coefficient (Wildman–Crippen LogP) is 0.608. The Labute approximate surface area is 70.3 Å². The van der Waals surface area contributed by atoms with Crippen LogP contribution in [0.1, 0.15) is 25.7 Å². The second kappa shape index (κ2) is 2.47. The number of carbonyl (C=O) groups excluding carboxylic acids is 2. The molecule has 1 saturated carbocycles. The third-order valence-corrected chi connectivity index (χ3v) is 2.58. The molecule has 1 aliphatic carbocycles. The van der Waals surface area contributed by atoms with Gasteiger partial charge in [-0.15, -0.1) is 0 Å². The molecule has 2 rings (SSSR count). The standard InChI is InChI=1S/C8H11NO3/c10-6-1-3-8(4-2-6)5-9-7(11)12-8/h1-5H2,(H,9,11). The van der Waals surface area contributed by atoms with Crippen LogP contribution in [-0.4, -0.2) is 24.0 Å². The van der Waals surface area contributed by atoms with Crippen LogP contribution in [-0.2, 0) is 9.53 Å². The van der Waals surface area contributed by atoms with Crippen LogP contribution in [0, 0.1) is 0 Å². The van der Waals surface area contributed by atoms with Crippen molar-refractivity contribution in [1.29, 1.82) is 0 Å². The number of amides is 1. The first-order chi connectivity index (χ1) is 5.70. The minimum atomic E-state index is -0.356. The number of hydrogen-bond acceptors (Lipinski definition) is 3. The van der Waals surface area contributed by atoms with Crippen molar-refractivity contribution in [2.24, 2.45) is 0 Å². The molecule has 4 nitrogen and oxygen atoms in total. The van der Waals surface area contributed by atoms with E-state index in [9.17, 15) is 9.59 Å². The van der Waals surface area contributed by atoms with Gasteiger partial charge in [-0.25, -0.2) is 4.79 Å². The molecule has 1 spiro atoms. The van der Waals surface area contributed by atoms with E-state index < -0.39 is 0 Å². The summed E-state index contributed by atoms with van der Waals surface area (Å²) in [6.45, 7) is 0.569. The monoisotopic (exact) mass is 169 g/mol. The van der Waals surface area contributed by atoms with E-state index in [2.05, 4.69) is 5.32 Å². The molecular formula is C8H11NO3. The summed E-state index contributed by atoms with van der Waals surface area (Å²) in [7, 11) is 0. The zero-order valence-corrected chi connectivity index (χ0v) is 6.76. The molecular weight excluding hydrogens is 158 g/mol. The Morgan fingerprint density at radius 3 is 2.42 bits per heavy atom. The Morgan fingerprint density at radius 2 is 1.92 bits per heavy atom. The average molecular weight is 169 g/mol. The molecule has 1 N–H and O–H groups in total. The minimum absolute atomic E-state index is 0.281. The highest BCUT2D eigenvalue weighted by molar-refractivity contribution is 5.80. The van der Waals surface area contributed by atoms with Gasteiger partial charge in [-0.3, -0.25) is 4.79 Å². The molecule has 0 bridgehead atoms. The maximum absolute atomic E-state index is 10.9. The van der Waals surface area contributed by atoms with Crippen molar-refractivity contribution in [3.05, 3.63) is 0 Å². The lowest BCUT2D eigenvalue weighted by atomic mass is 9.84. The fraction of sp³-hybridized carbons (Fsp3) is 0.750. The Kier molecular flexibility index (Phi) is 1.56. The number of rotatable bonds is 0. The largest absolute Gasteiger partial charge is 0.441 e. The van der Waals surface area contributed by atoms with Crippen molar-refractivity contribution in [3.8, 4) is 0 Å². The van der Waals surface area contributed by atoms with Crippen molar-refractivity contribution < 1.29 is 14.3 Å². The van der Waals surface area contributed by atoms with Gasteiger partial charge in [-0.05, 0) is 12.8 Å². The lowest BCUT2D eigenvalue weighted by Gasteiger charge is -2.29. The fourth-order valence-electron chi connectivity index (χ4n) is 1.77. The number of nitrogens with one attached hydrogen (secondary N) is 1. The minimum Gasteiger partial charge on any atom is -0.441 e. The van der Waals surface area contributed by atoms with E-state index in [1.54, 1.807) is 0 Å². The summed E-state index contributed by atoms with van der Waals surface area (Å²) >= 11 is 0. The quantitative estimate of drug-likeness (QED) is 0.578. The summed E-state index contributed by atoms with van der Waals surface area (Å²) in [6.07, 6.45) is 2.13. The molecule has 1 saturated heterocycles. The van der Waals surface area contributed by atoms with Gasteiger partial charge in [0.05, 0.1) is 6.54 Å². The van der Waals surface area contributed by atoms with E-state index in [1.165, 1.54) is 0 Å². The molecule has 0 unspecified atom stereocenters. The van der Waals surface area contributed by atoms with E-state index >= 15 is 0 Å². The fourth-order valence-corrected chi connectivity index (χ4v) is 1.77. The Hall–Kier alpha value is -1.06. The Bertz CT molecular complexity index is 226. The van der Waals surface area contributed by atoms with Gasteiger partial charge in [0.25, 0.3) is 0 Å². The average Bonchev–Trinajstić information content (AvgIpc) is 2.40. The van der Waals surface area contributed by atoms with Crippen LogP contribution in [0.2, 0.25) is 0 Å². The molecule has 0 aromatic heterocycles. The van der Waals surface area contributed by atoms with Crippen molar-refractivity contribution >= 4 is 11.9 Å². The van der Waals surface area contributed by atoms with Crippen LogP contribution < -0.4 is 5.32 Å². The summed E-state index contributed by atoms with van der Waals surface area (Å²) in [4.78, 5) is 21.7. The number of carbonyl (C=O) groups is 2. The van der Waals surface area contributed by atoms with E-state index in [4.69, 9.17) is 4.74 Å². The van der Waals surface area contributed by atoms with Crippen molar-refractivity contribution in [2.75, 3.05) is 6.54 Å². The SMILES string of the molecule is O=C1CCC2(CC1)CNC(=O)O2. The number of Topliss-reactive ketones (excluding diaryl/α,β-unsaturated/α-hetero) is 1. The smallest absolute Gasteiger partial charge is 0.407 e. The van der Waals surface area contributed by atoms with Crippen LogP contribution >= 0.6 is 0 Å². The predicted molar refractivity (Wildman–Crippen MR) is 40.7 cm³/mol. The molecule has 2 fully saturated rings. The van der Waals surface area contributed by atoms with Gasteiger partial charge in [0.15, 0.2) is 0 Å². The summed E-state index contributed by atoms with van der Waals surface area (Å²) < 4.78 is 5.14. The summed E-state index contributed by atoms with van der Waals surface area (Å²) in [5.41, 5.74) is -0.356. The van der Waals surface area contributed by atoms with Crippen LogP contribution in [0.25, 0.3) is 0 Å². The van der Waals surface area contributed by atoms with E-state index in [0.717, 1.165) is 0 Å². The molecule has 0 aromatic carbocycles. The highest BCUT2D eigenvalue weighted by Gasteiger charge is 2.42. The Morgan fingerprint density at radius 1 is 1.25 bits per heavy atom. The topological polar surface area (TPSA) is 55.4 Å². The van der Waals surface area contributed by atoms with E-state index in [-0.39, 0.29) is 17.5 Å². The number of hydrogen-bond donors (Lipinski definition) is 1. The first-order valence-electron chi connectivity index (χ1n) is 4.19. The zero-order valence-electron chi connectivity index (χ0n) is 6.76. The molecule has 0 atom stereocenters. The van der Waals surface area contributed by atoms with Crippen LogP contribution in [0.5, 0.6) is 0 Å². The summed E-state index contributed by atoms with van der Waals surface area (Å²) in [5, 5.41) is 2.62. The second-order valence-electron chi connectivity index (χ2n) is 3.46. The summed E-state index contributed by atoms with van der Waals surface area (Å²) in [6, 6.07) is 0. The zero-order chi connectivity index (χ0) is 8.60. The maximum Gasteiger partial charge on any atom is 0.407 e. The van der Waals surface area contributed by atoms with Gasteiger partial charge >= 0.3 is 6.09 Å². The normalized spacial score (nSPS) is 27.0. The van der Waals surface area contributed by atoms with Gasteiger partial charge < -0.3 is 10.1 Å². The molecule has 66 valence electrons. The molecule has 0 aromatic rings. The van der Waals surface area contributed by atoms with Gasteiger partial charge in [0, 0.05) is 12.8 Å². The molecule has 4 heteroatoms. The van der Waals surface area contributed by atoms with Gasteiger partial charge in [0.1, 0.15) is 11.4 Å². The summed E-state index contributed by atoms with van der Waals surface area (Å²) in [5.74, 6) is 0.281. The third kappa shape index (κ3) is 1.17. The van der Waals surface area contributed by atoms with E-state index in [0.29, 0.717) is 32.2 Å². The van der Waals surface area contributed by atoms with Gasteiger partial charge in [0.2, 0.25) is 0 Å². The van der Waals surface area contributed by atoms with Crippen molar-refractivity contribution in [3.63, 3.8) is 0 Å². The van der Waals surface area contributed by atoms with E-state index in [1.807, 2.05) is 0 Å². The van der Waals surface area contributed by atoms with Crippen LogP contribution in [0.3, 0.4) is 0 Å². The third-order valence-electron chi connectivity index (χ3n) is 2.58. The maximum atomic E-state index is 10.9. The lowest BCUT2D eigenvalue weighted by molar-refractivity contribution is -0.124. The molecule has 0 radical (unpaired) electrons. The van der Waals surface area contributed by atoms with Crippen molar-refractivity contribution in [2.45, 2.75) is 31.3 Å².